The molecule has 1 heterocycles. The van der Waals surface area contributed by atoms with E-state index in [1.165, 1.54) is 6.08 Å². The Morgan fingerprint density at radius 2 is 2.00 bits per heavy atom. The molecule has 0 fully saturated rings. The molecule has 0 saturated heterocycles. The molecule has 0 aliphatic carbocycles. The van der Waals surface area contributed by atoms with E-state index >= 15 is 0 Å². The van der Waals surface area contributed by atoms with Crippen LogP contribution in [0.3, 0.4) is 0 Å². The van der Waals surface area contributed by atoms with Crippen LogP contribution in [0, 0.1) is 0 Å². The average Bonchev–Trinajstić information content (AvgIpc) is 2.33. The van der Waals surface area contributed by atoms with Crippen LogP contribution in [0.5, 0.6) is 0 Å². The van der Waals surface area contributed by atoms with Crippen molar-refractivity contribution in [3.63, 3.8) is 0 Å². The third-order valence-corrected chi connectivity index (χ3v) is 2.68. The van der Waals surface area contributed by atoms with Crippen molar-refractivity contribution in [1.82, 2.24) is 0 Å². The Labute approximate surface area is 112 Å². The summed E-state index contributed by atoms with van der Waals surface area (Å²) in [5.74, 6) is -0.770. The van der Waals surface area contributed by atoms with Crippen LogP contribution in [-0.2, 0) is 19.1 Å². The van der Waals surface area contributed by atoms with Crippen LogP contribution in [0.4, 0.5) is 0 Å². The second-order valence-corrected chi connectivity index (χ2v) is 4.61. The van der Waals surface area contributed by atoms with Gasteiger partial charge in [-0.3, -0.25) is 4.79 Å². The van der Waals surface area contributed by atoms with Gasteiger partial charge in [0, 0.05) is 18.9 Å². The lowest BCUT2D eigenvalue weighted by atomic mass is 10.1. The van der Waals surface area contributed by atoms with Gasteiger partial charge in [0.2, 0.25) is 0 Å². The Bertz CT molecular complexity index is 383. The predicted molar refractivity (Wildman–Crippen MR) is 69.3 cm³/mol. The summed E-state index contributed by atoms with van der Waals surface area (Å²) in [6.07, 6.45) is 4.94. The standard InChI is InChI=1S/C14H20O5/c1-10-4-3-5-13(16)19-11(2)8-12(9-15)6-7-14(17)18-10/h3,5-6,10-11,15H,4,7-9H2,1-2H3/b5-3+,12-6-/t10-,11+/m1/s1. The number of aliphatic hydroxyl groups is 1. The van der Waals surface area contributed by atoms with Crippen molar-refractivity contribution in [2.45, 2.75) is 45.3 Å². The number of cyclic esters (lactones) is 2. The zero-order chi connectivity index (χ0) is 14.3. The van der Waals surface area contributed by atoms with Crippen LogP contribution in [0.1, 0.15) is 33.1 Å². The molecule has 0 unspecified atom stereocenters. The van der Waals surface area contributed by atoms with Crippen molar-refractivity contribution >= 4 is 11.9 Å². The molecule has 1 N–H and O–H groups in total. The normalized spacial score (nSPS) is 30.8. The highest BCUT2D eigenvalue weighted by atomic mass is 16.5. The first kappa shape index (κ1) is 15.4. The summed E-state index contributed by atoms with van der Waals surface area (Å²) in [4.78, 5) is 23.0. The minimum Gasteiger partial charge on any atom is -0.462 e. The Morgan fingerprint density at radius 1 is 1.26 bits per heavy atom. The Morgan fingerprint density at radius 3 is 2.68 bits per heavy atom. The van der Waals surface area contributed by atoms with Crippen molar-refractivity contribution < 1.29 is 24.2 Å². The number of hydrogen-bond donors (Lipinski definition) is 1. The van der Waals surface area contributed by atoms with E-state index in [1.807, 2.05) is 0 Å². The predicted octanol–water partition coefficient (Wildman–Crippen LogP) is 1.51. The summed E-state index contributed by atoms with van der Waals surface area (Å²) in [5.41, 5.74) is 0.660. The first-order valence-electron chi connectivity index (χ1n) is 6.36. The molecule has 19 heavy (non-hydrogen) atoms. The van der Waals surface area contributed by atoms with Gasteiger partial charge in [0.05, 0.1) is 13.0 Å². The lowest BCUT2D eigenvalue weighted by Gasteiger charge is -2.13. The second kappa shape index (κ2) is 7.74. The molecule has 5 heteroatoms. The third kappa shape index (κ3) is 6.20. The maximum atomic E-state index is 11.5. The van der Waals surface area contributed by atoms with E-state index in [2.05, 4.69) is 0 Å². The van der Waals surface area contributed by atoms with E-state index in [1.54, 1.807) is 26.0 Å². The average molecular weight is 268 g/mol. The summed E-state index contributed by atoms with van der Waals surface area (Å²) in [6.45, 7) is 3.34. The number of carbonyl (C=O) groups excluding carboxylic acids is 2. The number of carbonyl (C=O) groups is 2. The van der Waals surface area contributed by atoms with Crippen molar-refractivity contribution in [1.29, 1.82) is 0 Å². The largest absolute Gasteiger partial charge is 0.462 e. The molecule has 0 bridgehead atoms. The fourth-order valence-corrected chi connectivity index (χ4v) is 1.77. The van der Waals surface area contributed by atoms with Gasteiger partial charge in [-0.15, -0.1) is 0 Å². The second-order valence-electron chi connectivity index (χ2n) is 4.61. The zero-order valence-electron chi connectivity index (χ0n) is 11.3. The molecule has 0 aromatic carbocycles. The van der Waals surface area contributed by atoms with Crippen molar-refractivity contribution in [3.8, 4) is 0 Å². The summed E-state index contributed by atoms with van der Waals surface area (Å²) < 4.78 is 10.3. The summed E-state index contributed by atoms with van der Waals surface area (Å²) in [5, 5.41) is 9.20. The maximum absolute atomic E-state index is 11.5. The molecule has 0 aromatic heterocycles. The van der Waals surface area contributed by atoms with E-state index in [0.717, 1.165) is 0 Å². The van der Waals surface area contributed by atoms with Gasteiger partial charge in [0.1, 0.15) is 12.2 Å². The van der Waals surface area contributed by atoms with Gasteiger partial charge in [-0.25, -0.2) is 4.79 Å². The van der Waals surface area contributed by atoms with Crippen LogP contribution >= 0.6 is 0 Å². The Kier molecular flexibility index (Phi) is 6.29. The van der Waals surface area contributed by atoms with Gasteiger partial charge in [0.25, 0.3) is 0 Å². The van der Waals surface area contributed by atoms with Crippen molar-refractivity contribution in [3.05, 3.63) is 23.8 Å². The number of aliphatic hydroxyl groups excluding tert-OH is 1. The summed E-state index contributed by atoms with van der Waals surface area (Å²) in [6, 6.07) is 0. The quantitative estimate of drug-likeness (QED) is 0.576. The molecule has 0 radical (unpaired) electrons. The molecule has 0 spiro atoms. The Balaban J connectivity index is 2.79. The lowest BCUT2D eigenvalue weighted by molar-refractivity contribution is -0.147. The summed E-state index contributed by atoms with van der Waals surface area (Å²) in [7, 11) is 0. The summed E-state index contributed by atoms with van der Waals surface area (Å²) >= 11 is 0. The topological polar surface area (TPSA) is 72.8 Å². The maximum Gasteiger partial charge on any atom is 0.330 e. The monoisotopic (exact) mass is 268 g/mol. The third-order valence-electron chi connectivity index (χ3n) is 2.68. The van der Waals surface area contributed by atoms with Gasteiger partial charge < -0.3 is 14.6 Å². The highest BCUT2D eigenvalue weighted by Gasteiger charge is 2.13. The smallest absolute Gasteiger partial charge is 0.330 e. The lowest BCUT2D eigenvalue weighted by Crippen LogP contribution is -2.15. The van der Waals surface area contributed by atoms with Crippen LogP contribution in [0.15, 0.2) is 23.8 Å². The van der Waals surface area contributed by atoms with Gasteiger partial charge in [-0.1, -0.05) is 12.2 Å². The Hall–Kier alpha value is -1.62. The fourth-order valence-electron chi connectivity index (χ4n) is 1.77. The van der Waals surface area contributed by atoms with E-state index in [-0.39, 0.29) is 31.2 Å². The van der Waals surface area contributed by atoms with E-state index in [9.17, 15) is 14.7 Å². The number of esters is 2. The molecule has 1 aliphatic heterocycles. The van der Waals surface area contributed by atoms with Gasteiger partial charge in [-0.2, -0.15) is 0 Å². The fraction of sp³-hybridized carbons (Fsp3) is 0.571. The van der Waals surface area contributed by atoms with Crippen LogP contribution < -0.4 is 0 Å². The molecule has 106 valence electrons. The molecular formula is C14H20O5. The molecule has 5 nitrogen and oxygen atoms in total. The first-order chi connectivity index (χ1) is 9.01. The molecule has 1 aliphatic rings. The van der Waals surface area contributed by atoms with Crippen molar-refractivity contribution in [2.24, 2.45) is 0 Å². The van der Waals surface area contributed by atoms with Gasteiger partial charge in [-0.05, 0) is 19.4 Å². The van der Waals surface area contributed by atoms with Crippen LogP contribution in [0.25, 0.3) is 0 Å². The van der Waals surface area contributed by atoms with E-state index < -0.39 is 5.97 Å². The molecule has 0 amide bonds. The van der Waals surface area contributed by atoms with Gasteiger partial charge in [0.15, 0.2) is 0 Å². The zero-order valence-corrected chi connectivity index (χ0v) is 11.3. The molecule has 0 aromatic rings. The number of hydrogen-bond acceptors (Lipinski definition) is 5. The van der Waals surface area contributed by atoms with Crippen molar-refractivity contribution in [2.75, 3.05) is 6.61 Å². The molecular weight excluding hydrogens is 248 g/mol. The number of rotatable bonds is 1. The van der Waals surface area contributed by atoms with E-state index in [4.69, 9.17) is 9.47 Å². The molecule has 2 atom stereocenters. The molecule has 0 saturated carbocycles. The number of ether oxygens (including phenoxy) is 2. The highest BCUT2D eigenvalue weighted by Crippen LogP contribution is 2.11. The van der Waals surface area contributed by atoms with Crippen LogP contribution in [-0.4, -0.2) is 35.9 Å². The minimum atomic E-state index is -0.428. The molecule has 1 rings (SSSR count). The van der Waals surface area contributed by atoms with Gasteiger partial charge >= 0.3 is 11.9 Å². The highest BCUT2D eigenvalue weighted by molar-refractivity contribution is 5.82. The van der Waals surface area contributed by atoms with Crippen LogP contribution in [0.2, 0.25) is 0 Å². The SMILES string of the molecule is C[C@@H]1C/C=C/C(=O)O[C@@H](C)C/C(CO)=C/CC(=O)O1. The van der Waals surface area contributed by atoms with E-state index in [0.29, 0.717) is 18.4 Å². The first-order valence-corrected chi connectivity index (χ1v) is 6.36. The minimum absolute atomic E-state index is 0.116.